The van der Waals surface area contributed by atoms with Crippen LogP contribution in [0.4, 0.5) is 5.69 Å². The number of rotatable bonds is 3. The van der Waals surface area contributed by atoms with Crippen LogP contribution in [0, 0.1) is 24.3 Å². The van der Waals surface area contributed by atoms with Gasteiger partial charge in [-0.2, -0.15) is 0 Å². The Balaban J connectivity index is 1.98. The molecule has 0 fully saturated rings. The average molecular weight is 449 g/mol. The van der Waals surface area contributed by atoms with E-state index in [0.717, 1.165) is 16.8 Å². The topological polar surface area (TPSA) is 17.3 Å². The predicted molar refractivity (Wildman–Crippen MR) is 111 cm³/mol. The maximum Gasteiger partial charge on any atom is 0.0673 e. The standard InChI is InChI=1S/C20H18ClIN2/c1-13-4-5-17(21)11-20(13)23-12-16-10-14(2)24(15(16)3)19-8-6-18(22)7-9-19/h4-12H,1-3H3. The molecule has 0 aliphatic heterocycles. The maximum absolute atomic E-state index is 6.07. The number of benzene rings is 2. The van der Waals surface area contributed by atoms with Crippen molar-refractivity contribution in [3.05, 3.63) is 79.6 Å². The van der Waals surface area contributed by atoms with E-state index in [0.29, 0.717) is 5.02 Å². The zero-order valence-electron chi connectivity index (χ0n) is 13.8. The molecule has 2 nitrogen and oxygen atoms in total. The Morgan fingerprint density at radius 1 is 1.00 bits per heavy atom. The fourth-order valence-corrected chi connectivity index (χ4v) is 3.29. The van der Waals surface area contributed by atoms with Crippen LogP contribution >= 0.6 is 34.2 Å². The highest BCUT2D eigenvalue weighted by atomic mass is 127. The van der Waals surface area contributed by atoms with Crippen LogP contribution in [-0.2, 0) is 0 Å². The zero-order chi connectivity index (χ0) is 17.3. The largest absolute Gasteiger partial charge is 0.318 e. The van der Waals surface area contributed by atoms with Crippen molar-refractivity contribution in [3.63, 3.8) is 0 Å². The molecular formula is C20H18ClIN2. The van der Waals surface area contributed by atoms with Gasteiger partial charge in [-0.1, -0.05) is 17.7 Å². The molecule has 3 rings (SSSR count). The molecule has 0 aliphatic rings. The van der Waals surface area contributed by atoms with Gasteiger partial charge in [0.1, 0.15) is 0 Å². The molecule has 0 unspecified atom stereocenters. The van der Waals surface area contributed by atoms with Gasteiger partial charge in [0.2, 0.25) is 0 Å². The van der Waals surface area contributed by atoms with E-state index in [4.69, 9.17) is 11.6 Å². The van der Waals surface area contributed by atoms with Crippen molar-refractivity contribution in [2.24, 2.45) is 4.99 Å². The third kappa shape index (κ3) is 3.57. The van der Waals surface area contributed by atoms with Crippen LogP contribution in [0.2, 0.25) is 5.02 Å². The van der Waals surface area contributed by atoms with Crippen molar-refractivity contribution in [3.8, 4) is 5.69 Å². The first kappa shape index (κ1) is 17.2. The molecule has 0 bridgehead atoms. The molecule has 0 aliphatic carbocycles. The van der Waals surface area contributed by atoms with E-state index in [1.807, 2.05) is 31.3 Å². The van der Waals surface area contributed by atoms with Gasteiger partial charge in [0.05, 0.1) is 5.69 Å². The summed E-state index contributed by atoms with van der Waals surface area (Å²) in [6, 6.07) is 16.5. The molecule has 24 heavy (non-hydrogen) atoms. The minimum absolute atomic E-state index is 0.706. The minimum atomic E-state index is 0.706. The van der Waals surface area contributed by atoms with E-state index in [1.54, 1.807) is 0 Å². The number of halogens is 2. The maximum atomic E-state index is 6.07. The van der Waals surface area contributed by atoms with Gasteiger partial charge in [-0.3, -0.25) is 4.99 Å². The predicted octanol–water partition coefficient (Wildman–Crippen LogP) is 6.41. The lowest BCUT2D eigenvalue weighted by molar-refractivity contribution is 0.964. The van der Waals surface area contributed by atoms with Crippen LogP contribution in [0.15, 0.2) is 53.5 Å². The van der Waals surface area contributed by atoms with Gasteiger partial charge in [-0.25, -0.2) is 0 Å². The Bertz CT molecular complexity index is 908. The van der Waals surface area contributed by atoms with E-state index >= 15 is 0 Å². The van der Waals surface area contributed by atoms with Crippen molar-refractivity contribution in [2.45, 2.75) is 20.8 Å². The van der Waals surface area contributed by atoms with Crippen LogP contribution in [0.25, 0.3) is 5.69 Å². The fourth-order valence-electron chi connectivity index (χ4n) is 2.77. The Hall–Kier alpha value is -1.59. The van der Waals surface area contributed by atoms with Gasteiger partial charge in [-0.15, -0.1) is 0 Å². The third-order valence-electron chi connectivity index (χ3n) is 4.07. The highest BCUT2D eigenvalue weighted by Crippen LogP contribution is 2.24. The average Bonchev–Trinajstić information content (AvgIpc) is 2.83. The van der Waals surface area contributed by atoms with E-state index in [1.165, 1.54) is 20.6 Å². The number of hydrogen-bond donors (Lipinski definition) is 0. The SMILES string of the molecule is Cc1ccc(Cl)cc1N=Cc1cc(C)n(-c2ccc(I)cc2)c1C. The number of aryl methyl sites for hydroxylation is 2. The molecule has 0 radical (unpaired) electrons. The third-order valence-corrected chi connectivity index (χ3v) is 5.02. The summed E-state index contributed by atoms with van der Waals surface area (Å²) >= 11 is 8.40. The monoisotopic (exact) mass is 448 g/mol. The summed E-state index contributed by atoms with van der Waals surface area (Å²) in [5.74, 6) is 0. The Kier molecular flexibility index (Phi) is 5.11. The van der Waals surface area contributed by atoms with Crippen molar-refractivity contribution < 1.29 is 0 Å². The number of nitrogens with zero attached hydrogens (tertiary/aromatic N) is 2. The highest BCUT2D eigenvalue weighted by molar-refractivity contribution is 14.1. The lowest BCUT2D eigenvalue weighted by atomic mass is 10.2. The van der Waals surface area contributed by atoms with Crippen molar-refractivity contribution in [1.82, 2.24) is 4.57 Å². The number of hydrogen-bond acceptors (Lipinski definition) is 1. The molecule has 0 atom stereocenters. The van der Waals surface area contributed by atoms with Crippen molar-refractivity contribution >= 4 is 46.1 Å². The summed E-state index contributed by atoms with van der Waals surface area (Å²) in [7, 11) is 0. The molecule has 4 heteroatoms. The molecule has 1 aromatic heterocycles. The van der Waals surface area contributed by atoms with Gasteiger partial charge < -0.3 is 4.57 Å². The van der Waals surface area contributed by atoms with Gasteiger partial charge >= 0.3 is 0 Å². The summed E-state index contributed by atoms with van der Waals surface area (Å²) in [4.78, 5) is 4.64. The van der Waals surface area contributed by atoms with Gasteiger partial charge in [0.15, 0.2) is 0 Å². The van der Waals surface area contributed by atoms with Crippen LogP contribution in [0.1, 0.15) is 22.5 Å². The van der Waals surface area contributed by atoms with Crippen molar-refractivity contribution in [2.75, 3.05) is 0 Å². The summed E-state index contributed by atoms with van der Waals surface area (Å²) in [6.07, 6.45) is 1.92. The number of aliphatic imine (C=N–C) groups is 1. The molecule has 0 amide bonds. The molecule has 0 spiro atoms. The minimum Gasteiger partial charge on any atom is -0.318 e. The second-order valence-electron chi connectivity index (χ2n) is 5.83. The molecule has 2 aromatic carbocycles. The van der Waals surface area contributed by atoms with E-state index < -0.39 is 0 Å². The first-order valence-electron chi connectivity index (χ1n) is 7.71. The zero-order valence-corrected chi connectivity index (χ0v) is 16.8. The Morgan fingerprint density at radius 2 is 1.71 bits per heavy atom. The summed E-state index contributed by atoms with van der Waals surface area (Å²) < 4.78 is 3.49. The summed E-state index contributed by atoms with van der Waals surface area (Å²) in [5, 5.41) is 0.706. The molecule has 0 saturated carbocycles. The summed E-state index contributed by atoms with van der Waals surface area (Å²) in [5.41, 5.74) is 6.67. The highest BCUT2D eigenvalue weighted by Gasteiger charge is 2.09. The van der Waals surface area contributed by atoms with Gasteiger partial charge in [-0.05, 0) is 91.4 Å². The molecule has 122 valence electrons. The molecule has 0 N–H and O–H groups in total. The van der Waals surface area contributed by atoms with E-state index in [2.05, 4.69) is 76.3 Å². The van der Waals surface area contributed by atoms with Crippen LogP contribution in [-0.4, -0.2) is 10.8 Å². The second kappa shape index (κ2) is 7.11. The van der Waals surface area contributed by atoms with E-state index in [9.17, 15) is 0 Å². The fraction of sp³-hybridized carbons (Fsp3) is 0.150. The lowest BCUT2D eigenvalue weighted by Crippen LogP contribution is -1.99. The molecule has 1 heterocycles. The van der Waals surface area contributed by atoms with Crippen LogP contribution in [0.5, 0.6) is 0 Å². The molecule has 3 aromatic rings. The van der Waals surface area contributed by atoms with Gasteiger partial charge in [0, 0.05) is 37.4 Å². The van der Waals surface area contributed by atoms with Crippen LogP contribution < -0.4 is 0 Å². The number of aromatic nitrogens is 1. The first-order valence-corrected chi connectivity index (χ1v) is 9.16. The lowest BCUT2D eigenvalue weighted by Gasteiger charge is -2.09. The molecular weight excluding hydrogens is 431 g/mol. The smallest absolute Gasteiger partial charge is 0.0673 e. The summed E-state index contributed by atoms with van der Waals surface area (Å²) in [6.45, 7) is 6.28. The Labute approximate surface area is 161 Å². The van der Waals surface area contributed by atoms with Crippen molar-refractivity contribution in [1.29, 1.82) is 0 Å². The Morgan fingerprint density at radius 3 is 2.42 bits per heavy atom. The second-order valence-corrected chi connectivity index (χ2v) is 7.51. The van der Waals surface area contributed by atoms with Gasteiger partial charge in [0.25, 0.3) is 0 Å². The van der Waals surface area contributed by atoms with E-state index in [-0.39, 0.29) is 0 Å². The van der Waals surface area contributed by atoms with Crippen LogP contribution in [0.3, 0.4) is 0 Å². The molecule has 0 saturated heterocycles. The first-order chi connectivity index (χ1) is 11.5. The quantitative estimate of drug-likeness (QED) is 0.325. The normalized spacial score (nSPS) is 11.4.